The lowest BCUT2D eigenvalue weighted by Gasteiger charge is -2.30. The van der Waals surface area contributed by atoms with Crippen LogP contribution in [0, 0.1) is 5.92 Å². The first-order valence-electron chi connectivity index (χ1n) is 7.89. The van der Waals surface area contributed by atoms with E-state index in [1.54, 1.807) is 0 Å². The number of nitrogens with zero attached hydrogens (tertiary/aromatic N) is 1. The number of hydrogen-bond acceptors (Lipinski definition) is 3. The van der Waals surface area contributed by atoms with Crippen LogP contribution in [-0.4, -0.2) is 43.0 Å². The molecule has 0 spiro atoms. The smallest absolute Gasteiger partial charge is 0.236 e. The van der Waals surface area contributed by atoms with Crippen molar-refractivity contribution >= 4 is 5.91 Å². The number of carbonyl (C=O) groups is 1. The van der Waals surface area contributed by atoms with Crippen LogP contribution >= 0.6 is 0 Å². The van der Waals surface area contributed by atoms with Gasteiger partial charge < -0.3 is 16.0 Å². The maximum absolute atomic E-state index is 11.6. The maximum atomic E-state index is 11.6. The Morgan fingerprint density at radius 1 is 1.47 bits per heavy atom. The van der Waals surface area contributed by atoms with Crippen molar-refractivity contribution in [2.75, 3.05) is 26.2 Å². The third-order valence-electron chi connectivity index (χ3n) is 3.88. The zero-order valence-corrected chi connectivity index (χ0v) is 12.7. The lowest BCUT2D eigenvalue weighted by atomic mass is 10.0. The second-order valence-electron chi connectivity index (χ2n) is 5.94. The number of piperidine rings is 1. The first-order chi connectivity index (χ1) is 9.13. The predicted molar refractivity (Wildman–Crippen MR) is 80.0 cm³/mol. The van der Waals surface area contributed by atoms with E-state index in [0.29, 0.717) is 0 Å². The number of carbonyl (C=O) groups excluding carboxylic acids is 1. The van der Waals surface area contributed by atoms with Gasteiger partial charge in [0.2, 0.25) is 5.91 Å². The van der Waals surface area contributed by atoms with E-state index in [2.05, 4.69) is 17.1 Å². The summed E-state index contributed by atoms with van der Waals surface area (Å²) in [7, 11) is 0. The molecule has 4 heteroatoms. The molecule has 4 nitrogen and oxygen atoms in total. The molecule has 1 fully saturated rings. The standard InChI is InChI=1S/C15H31N3O/c1-3-7-14(16)15(19)17-9-4-5-10-18-11-6-8-13(2)12-18/h13-14H,3-12,16H2,1-2H3,(H,17,19). The van der Waals surface area contributed by atoms with Crippen molar-refractivity contribution in [3.05, 3.63) is 0 Å². The highest BCUT2D eigenvalue weighted by molar-refractivity contribution is 5.81. The molecule has 112 valence electrons. The highest BCUT2D eigenvalue weighted by atomic mass is 16.2. The Labute approximate surface area is 118 Å². The number of hydrogen-bond donors (Lipinski definition) is 2. The first-order valence-corrected chi connectivity index (χ1v) is 7.89. The minimum Gasteiger partial charge on any atom is -0.355 e. The molecule has 1 rings (SSSR count). The van der Waals surface area contributed by atoms with Crippen LogP contribution in [0.1, 0.15) is 52.4 Å². The van der Waals surface area contributed by atoms with Gasteiger partial charge in [-0.2, -0.15) is 0 Å². The average molecular weight is 269 g/mol. The molecule has 19 heavy (non-hydrogen) atoms. The van der Waals surface area contributed by atoms with E-state index >= 15 is 0 Å². The van der Waals surface area contributed by atoms with Gasteiger partial charge in [0.05, 0.1) is 6.04 Å². The zero-order valence-electron chi connectivity index (χ0n) is 12.7. The van der Waals surface area contributed by atoms with E-state index in [1.165, 1.54) is 32.5 Å². The molecule has 1 aliphatic rings. The van der Waals surface area contributed by atoms with Crippen molar-refractivity contribution in [1.29, 1.82) is 0 Å². The van der Waals surface area contributed by atoms with Crippen LogP contribution in [0.25, 0.3) is 0 Å². The Kier molecular flexibility index (Phi) is 8.07. The molecule has 0 aromatic carbocycles. The van der Waals surface area contributed by atoms with Crippen molar-refractivity contribution in [1.82, 2.24) is 10.2 Å². The molecule has 0 aromatic heterocycles. The Bertz CT molecular complexity index is 258. The van der Waals surface area contributed by atoms with Gasteiger partial charge in [-0.1, -0.05) is 20.3 Å². The second-order valence-corrected chi connectivity index (χ2v) is 5.94. The molecule has 2 unspecified atom stereocenters. The third-order valence-corrected chi connectivity index (χ3v) is 3.88. The summed E-state index contributed by atoms with van der Waals surface area (Å²) in [6.07, 6.45) is 6.66. The molecule has 0 aliphatic carbocycles. The Hall–Kier alpha value is -0.610. The van der Waals surface area contributed by atoms with Gasteiger partial charge in [-0.3, -0.25) is 4.79 Å². The van der Waals surface area contributed by atoms with Crippen molar-refractivity contribution in [3.8, 4) is 0 Å². The van der Waals surface area contributed by atoms with Crippen LogP contribution in [0.5, 0.6) is 0 Å². The maximum Gasteiger partial charge on any atom is 0.236 e. The van der Waals surface area contributed by atoms with Gasteiger partial charge in [0.25, 0.3) is 0 Å². The predicted octanol–water partition coefficient (Wildman–Crippen LogP) is 1.74. The zero-order chi connectivity index (χ0) is 14.1. The topological polar surface area (TPSA) is 58.4 Å². The van der Waals surface area contributed by atoms with Crippen molar-refractivity contribution in [2.24, 2.45) is 11.7 Å². The number of rotatable bonds is 8. The monoisotopic (exact) mass is 269 g/mol. The number of nitrogens with one attached hydrogen (secondary N) is 1. The van der Waals surface area contributed by atoms with Gasteiger partial charge >= 0.3 is 0 Å². The first kappa shape index (κ1) is 16.4. The molecule has 1 heterocycles. The minimum absolute atomic E-state index is 0.00782. The molecular weight excluding hydrogens is 238 g/mol. The molecule has 0 radical (unpaired) electrons. The van der Waals surface area contributed by atoms with Gasteiger partial charge in [0.1, 0.15) is 0 Å². The van der Waals surface area contributed by atoms with E-state index < -0.39 is 0 Å². The van der Waals surface area contributed by atoms with Crippen LogP contribution in [0.3, 0.4) is 0 Å². The number of unbranched alkanes of at least 4 members (excludes halogenated alkanes) is 1. The van der Waals surface area contributed by atoms with Gasteiger partial charge in [0.15, 0.2) is 0 Å². The molecule has 0 aromatic rings. The molecule has 1 amide bonds. The average Bonchev–Trinajstić information content (AvgIpc) is 2.38. The summed E-state index contributed by atoms with van der Waals surface area (Å²) in [5.74, 6) is 0.855. The number of nitrogens with two attached hydrogens (primary N) is 1. The summed E-state index contributed by atoms with van der Waals surface area (Å²) < 4.78 is 0. The van der Waals surface area contributed by atoms with Crippen LogP contribution in [-0.2, 0) is 4.79 Å². The van der Waals surface area contributed by atoms with Crippen molar-refractivity contribution in [3.63, 3.8) is 0 Å². The van der Waals surface area contributed by atoms with E-state index in [1.807, 2.05) is 6.92 Å². The van der Waals surface area contributed by atoms with Crippen LogP contribution < -0.4 is 11.1 Å². The summed E-state index contributed by atoms with van der Waals surface area (Å²) in [6, 6.07) is -0.326. The number of likely N-dealkylation sites (tertiary alicyclic amines) is 1. The Balaban J connectivity index is 2.00. The summed E-state index contributed by atoms with van der Waals surface area (Å²) in [5.41, 5.74) is 5.75. The molecule has 3 N–H and O–H groups in total. The molecular formula is C15H31N3O. The highest BCUT2D eigenvalue weighted by Gasteiger charge is 2.15. The lowest BCUT2D eigenvalue weighted by molar-refractivity contribution is -0.122. The normalized spacial score (nSPS) is 22.2. The highest BCUT2D eigenvalue weighted by Crippen LogP contribution is 2.15. The van der Waals surface area contributed by atoms with E-state index in [9.17, 15) is 4.79 Å². The fourth-order valence-corrected chi connectivity index (χ4v) is 2.73. The lowest BCUT2D eigenvalue weighted by Crippen LogP contribution is -2.41. The minimum atomic E-state index is -0.326. The second kappa shape index (κ2) is 9.32. The quantitative estimate of drug-likeness (QED) is 0.660. The molecule has 0 bridgehead atoms. The SMILES string of the molecule is CCCC(N)C(=O)NCCCCN1CCCC(C)C1. The summed E-state index contributed by atoms with van der Waals surface area (Å²) in [5, 5.41) is 2.93. The van der Waals surface area contributed by atoms with Crippen LogP contribution in [0.2, 0.25) is 0 Å². The van der Waals surface area contributed by atoms with Gasteiger partial charge in [0, 0.05) is 13.1 Å². The molecule has 0 saturated carbocycles. The van der Waals surface area contributed by atoms with Gasteiger partial charge in [-0.05, 0) is 51.1 Å². The van der Waals surface area contributed by atoms with Crippen molar-refractivity contribution in [2.45, 2.75) is 58.4 Å². The number of amides is 1. The van der Waals surface area contributed by atoms with Crippen LogP contribution in [0.4, 0.5) is 0 Å². The third kappa shape index (κ3) is 6.92. The summed E-state index contributed by atoms with van der Waals surface area (Å²) in [4.78, 5) is 14.1. The van der Waals surface area contributed by atoms with Crippen molar-refractivity contribution < 1.29 is 4.79 Å². The van der Waals surface area contributed by atoms with Crippen LogP contribution in [0.15, 0.2) is 0 Å². The summed E-state index contributed by atoms with van der Waals surface area (Å²) >= 11 is 0. The fourth-order valence-electron chi connectivity index (χ4n) is 2.73. The Morgan fingerprint density at radius 3 is 2.95 bits per heavy atom. The molecule has 1 aliphatic heterocycles. The molecule has 2 atom stereocenters. The van der Waals surface area contributed by atoms with Gasteiger partial charge in [-0.15, -0.1) is 0 Å². The van der Waals surface area contributed by atoms with E-state index in [0.717, 1.165) is 38.1 Å². The molecule has 1 saturated heterocycles. The van der Waals surface area contributed by atoms with E-state index in [-0.39, 0.29) is 11.9 Å². The largest absolute Gasteiger partial charge is 0.355 e. The van der Waals surface area contributed by atoms with E-state index in [4.69, 9.17) is 5.73 Å². The fraction of sp³-hybridized carbons (Fsp3) is 0.933. The Morgan fingerprint density at radius 2 is 2.26 bits per heavy atom. The van der Waals surface area contributed by atoms with Gasteiger partial charge in [-0.25, -0.2) is 0 Å². The summed E-state index contributed by atoms with van der Waals surface area (Å²) in [6.45, 7) is 8.81.